The molecular weight excluding hydrogens is 226 g/mol. The molecule has 2 rings (SSSR count). The van der Waals surface area contributed by atoms with Gasteiger partial charge in [0.1, 0.15) is 0 Å². The van der Waals surface area contributed by atoms with E-state index in [0.29, 0.717) is 5.69 Å². The second-order valence-electron chi connectivity index (χ2n) is 3.41. The van der Waals surface area contributed by atoms with E-state index in [-0.39, 0.29) is 5.03 Å². The van der Waals surface area contributed by atoms with E-state index in [1.54, 1.807) is 6.07 Å². The minimum Gasteiger partial charge on any atom is -0.223 e. The van der Waals surface area contributed by atoms with E-state index in [2.05, 4.69) is 5.10 Å². The molecule has 0 amide bonds. The maximum absolute atomic E-state index is 11.3. The first-order valence-electron chi connectivity index (χ1n) is 4.63. The van der Waals surface area contributed by atoms with Crippen LogP contribution in [0.3, 0.4) is 0 Å². The normalized spacial score (nSPS) is 11.6. The van der Waals surface area contributed by atoms with E-state index in [0.717, 1.165) is 5.56 Å². The molecule has 5 nitrogen and oxygen atoms in total. The molecule has 0 saturated carbocycles. The van der Waals surface area contributed by atoms with Gasteiger partial charge in [-0.15, -0.1) is 0 Å². The summed E-state index contributed by atoms with van der Waals surface area (Å²) in [6.07, 6.45) is 1.41. The minimum atomic E-state index is -3.75. The quantitative estimate of drug-likeness (QED) is 0.840. The highest BCUT2D eigenvalue weighted by molar-refractivity contribution is 7.89. The lowest BCUT2D eigenvalue weighted by atomic mass is 10.2. The molecule has 0 aliphatic rings. The second kappa shape index (κ2) is 3.73. The van der Waals surface area contributed by atoms with Crippen molar-refractivity contribution < 1.29 is 8.42 Å². The monoisotopic (exact) mass is 237 g/mol. The third-order valence-electron chi connectivity index (χ3n) is 2.24. The molecule has 1 aromatic carbocycles. The fourth-order valence-electron chi connectivity index (χ4n) is 1.49. The third kappa shape index (κ3) is 1.84. The molecule has 0 radical (unpaired) electrons. The zero-order chi connectivity index (χ0) is 11.8. The average Bonchev–Trinajstić information content (AvgIpc) is 2.66. The van der Waals surface area contributed by atoms with Gasteiger partial charge in [-0.1, -0.05) is 18.2 Å². The summed E-state index contributed by atoms with van der Waals surface area (Å²) in [6, 6.07) is 8.73. The van der Waals surface area contributed by atoms with Gasteiger partial charge in [-0.05, 0) is 24.6 Å². The zero-order valence-electron chi connectivity index (χ0n) is 8.66. The molecule has 0 aliphatic carbocycles. The van der Waals surface area contributed by atoms with Crippen LogP contribution in [0.2, 0.25) is 0 Å². The molecule has 16 heavy (non-hydrogen) atoms. The van der Waals surface area contributed by atoms with Crippen molar-refractivity contribution in [3.8, 4) is 5.69 Å². The Hall–Kier alpha value is -1.66. The molecule has 2 aromatic rings. The Balaban J connectivity index is 2.68. The molecule has 0 saturated heterocycles. The van der Waals surface area contributed by atoms with E-state index in [1.807, 2.05) is 25.1 Å². The van der Waals surface area contributed by atoms with Gasteiger partial charge in [-0.3, -0.25) is 0 Å². The molecule has 1 heterocycles. The lowest BCUT2D eigenvalue weighted by molar-refractivity contribution is 0.587. The number of rotatable bonds is 2. The zero-order valence-corrected chi connectivity index (χ0v) is 9.48. The van der Waals surface area contributed by atoms with Gasteiger partial charge in [0.15, 0.2) is 5.03 Å². The van der Waals surface area contributed by atoms with Crippen molar-refractivity contribution in [1.29, 1.82) is 0 Å². The number of hydrogen-bond donors (Lipinski definition) is 1. The summed E-state index contributed by atoms with van der Waals surface area (Å²) in [4.78, 5) is 0. The number of primary sulfonamides is 1. The van der Waals surface area contributed by atoms with Crippen molar-refractivity contribution in [2.45, 2.75) is 11.9 Å². The van der Waals surface area contributed by atoms with Gasteiger partial charge in [0.2, 0.25) is 0 Å². The van der Waals surface area contributed by atoms with Gasteiger partial charge < -0.3 is 0 Å². The molecule has 0 spiro atoms. The van der Waals surface area contributed by atoms with E-state index in [9.17, 15) is 8.42 Å². The lowest BCUT2D eigenvalue weighted by Gasteiger charge is -2.08. The topological polar surface area (TPSA) is 78.0 Å². The maximum Gasteiger partial charge on any atom is 0.255 e. The van der Waals surface area contributed by atoms with Crippen LogP contribution >= 0.6 is 0 Å². The Morgan fingerprint density at radius 2 is 1.94 bits per heavy atom. The van der Waals surface area contributed by atoms with Crippen LogP contribution in [0.4, 0.5) is 0 Å². The fraction of sp³-hybridized carbons (Fsp3) is 0.100. The highest BCUT2D eigenvalue weighted by Gasteiger charge is 2.16. The van der Waals surface area contributed by atoms with Crippen molar-refractivity contribution in [2.24, 2.45) is 5.14 Å². The molecular formula is C10H11N3O2S. The minimum absolute atomic E-state index is 0.0122. The number of benzene rings is 1. The van der Waals surface area contributed by atoms with Crippen molar-refractivity contribution in [3.63, 3.8) is 0 Å². The largest absolute Gasteiger partial charge is 0.255 e. The first-order chi connectivity index (χ1) is 7.50. The molecule has 0 unspecified atom stereocenters. The second-order valence-corrected chi connectivity index (χ2v) is 4.92. The fourth-order valence-corrected chi connectivity index (χ4v) is 2.13. The summed E-state index contributed by atoms with van der Waals surface area (Å²) in [5, 5.41) is 9.06. The summed E-state index contributed by atoms with van der Waals surface area (Å²) in [5.74, 6) is 0. The van der Waals surface area contributed by atoms with E-state index < -0.39 is 10.0 Å². The van der Waals surface area contributed by atoms with Gasteiger partial charge in [0.05, 0.1) is 11.9 Å². The third-order valence-corrected chi connectivity index (χ3v) is 3.14. The van der Waals surface area contributed by atoms with Crippen molar-refractivity contribution in [3.05, 3.63) is 42.1 Å². The number of para-hydroxylation sites is 1. The summed E-state index contributed by atoms with van der Waals surface area (Å²) in [6.45, 7) is 1.88. The smallest absolute Gasteiger partial charge is 0.223 e. The maximum atomic E-state index is 11.3. The lowest BCUT2D eigenvalue weighted by Crippen LogP contribution is -2.17. The van der Waals surface area contributed by atoms with Crippen LogP contribution in [-0.2, 0) is 10.0 Å². The predicted molar refractivity (Wildman–Crippen MR) is 59.7 cm³/mol. The molecule has 0 atom stereocenters. The van der Waals surface area contributed by atoms with Crippen LogP contribution in [0.1, 0.15) is 5.56 Å². The Labute approximate surface area is 93.6 Å². The van der Waals surface area contributed by atoms with Gasteiger partial charge in [0.25, 0.3) is 10.0 Å². The molecule has 0 bridgehead atoms. The molecule has 0 fully saturated rings. The standard InChI is InChI=1S/C10H11N3O2S/c1-8-4-2-3-5-9(8)13-10(6-7-12-13)16(11,14)15/h2-7H,1H3,(H2,11,14,15). The van der Waals surface area contributed by atoms with Crippen molar-refractivity contribution in [1.82, 2.24) is 9.78 Å². The van der Waals surface area contributed by atoms with Crippen molar-refractivity contribution >= 4 is 10.0 Å². The van der Waals surface area contributed by atoms with Crippen LogP contribution in [0.5, 0.6) is 0 Å². The van der Waals surface area contributed by atoms with E-state index in [1.165, 1.54) is 16.9 Å². The summed E-state index contributed by atoms with van der Waals surface area (Å²) < 4.78 is 24.0. The number of sulfonamides is 1. The van der Waals surface area contributed by atoms with Gasteiger partial charge in [0, 0.05) is 0 Å². The Kier molecular flexibility index (Phi) is 2.53. The Morgan fingerprint density at radius 1 is 1.25 bits per heavy atom. The SMILES string of the molecule is Cc1ccccc1-n1nccc1S(N)(=O)=O. The van der Waals surface area contributed by atoms with Gasteiger partial charge in [-0.25, -0.2) is 18.2 Å². The Morgan fingerprint density at radius 3 is 2.56 bits per heavy atom. The molecule has 84 valence electrons. The van der Waals surface area contributed by atoms with Crippen LogP contribution in [0, 0.1) is 6.92 Å². The van der Waals surface area contributed by atoms with Crippen LogP contribution < -0.4 is 5.14 Å². The van der Waals surface area contributed by atoms with Crippen LogP contribution in [0.25, 0.3) is 5.69 Å². The summed E-state index contributed by atoms with van der Waals surface area (Å²) in [7, 11) is -3.75. The van der Waals surface area contributed by atoms with Gasteiger partial charge in [-0.2, -0.15) is 5.10 Å². The summed E-state index contributed by atoms with van der Waals surface area (Å²) >= 11 is 0. The van der Waals surface area contributed by atoms with Crippen LogP contribution in [-0.4, -0.2) is 18.2 Å². The number of hydrogen-bond acceptors (Lipinski definition) is 3. The van der Waals surface area contributed by atoms with Crippen LogP contribution in [0.15, 0.2) is 41.6 Å². The Bertz CT molecular complexity index is 616. The number of nitrogens with zero attached hydrogens (tertiary/aromatic N) is 2. The van der Waals surface area contributed by atoms with E-state index >= 15 is 0 Å². The molecule has 2 N–H and O–H groups in total. The molecule has 6 heteroatoms. The molecule has 0 aliphatic heterocycles. The average molecular weight is 237 g/mol. The first-order valence-corrected chi connectivity index (χ1v) is 6.17. The highest BCUT2D eigenvalue weighted by Crippen LogP contribution is 2.16. The molecule has 1 aromatic heterocycles. The number of aromatic nitrogens is 2. The van der Waals surface area contributed by atoms with Crippen molar-refractivity contribution in [2.75, 3.05) is 0 Å². The number of aryl methyl sites for hydroxylation is 1. The highest BCUT2D eigenvalue weighted by atomic mass is 32.2. The first kappa shape index (κ1) is 10.8. The number of nitrogens with two attached hydrogens (primary N) is 1. The van der Waals surface area contributed by atoms with Gasteiger partial charge >= 0.3 is 0 Å². The summed E-state index contributed by atoms with van der Waals surface area (Å²) in [5.41, 5.74) is 1.63. The predicted octanol–water partition coefficient (Wildman–Crippen LogP) is 0.828. The van der Waals surface area contributed by atoms with E-state index in [4.69, 9.17) is 5.14 Å².